The fraction of sp³-hybridized carbons (Fsp3) is 0.938. The Labute approximate surface area is 116 Å². The molecule has 108 valence electrons. The van der Waals surface area contributed by atoms with Crippen molar-refractivity contribution in [1.82, 2.24) is 4.90 Å². The number of carbonyl (C=O) groups excluding carboxylic acids is 1. The SMILES string of the molecule is CC(C)C(=O)N(CCN)C1C2CC3CC(C2)CC1C3. The highest BCUT2D eigenvalue weighted by atomic mass is 16.2. The Hall–Kier alpha value is -0.570. The van der Waals surface area contributed by atoms with Gasteiger partial charge in [-0.3, -0.25) is 4.79 Å². The predicted octanol–water partition coefficient (Wildman–Crippen LogP) is 2.25. The van der Waals surface area contributed by atoms with Gasteiger partial charge in [-0.15, -0.1) is 0 Å². The molecule has 3 heteroatoms. The molecule has 0 saturated heterocycles. The van der Waals surface area contributed by atoms with Crippen molar-refractivity contribution in [2.75, 3.05) is 13.1 Å². The monoisotopic (exact) mass is 264 g/mol. The zero-order valence-corrected chi connectivity index (χ0v) is 12.3. The van der Waals surface area contributed by atoms with Gasteiger partial charge in [-0.2, -0.15) is 0 Å². The van der Waals surface area contributed by atoms with Crippen LogP contribution in [-0.4, -0.2) is 29.9 Å². The van der Waals surface area contributed by atoms with Gasteiger partial charge in [0.1, 0.15) is 0 Å². The van der Waals surface area contributed by atoms with E-state index in [0.717, 1.165) is 30.2 Å². The minimum atomic E-state index is 0.101. The Morgan fingerprint density at radius 3 is 2.05 bits per heavy atom. The summed E-state index contributed by atoms with van der Waals surface area (Å²) in [6.07, 6.45) is 6.93. The lowest BCUT2D eigenvalue weighted by atomic mass is 9.54. The van der Waals surface area contributed by atoms with Crippen molar-refractivity contribution in [3.63, 3.8) is 0 Å². The third-order valence-electron chi connectivity index (χ3n) is 5.68. The van der Waals surface area contributed by atoms with Crippen LogP contribution in [0.15, 0.2) is 0 Å². The molecule has 0 spiro atoms. The molecular weight excluding hydrogens is 236 g/mol. The van der Waals surface area contributed by atoms with Crippen LogP contribution in [0.4, 0.5) is 0 Å². The standard InChI is InChI=1S/C16H28N2O/c1-10(2)16(19)18(4-3-17)15-13-6-11-5-12(8-13)9-14(15)7-11/h10-15H,3-9,17H2,1-2H3. The van der Waals surface area contributed by atoms with Crippen LogP contribution in [-0.2, 0) is 4.79 Å². The topological polar surface area (TPSA) is 46.3 Å². The molecule has 4 fully saturated rings. The van der Waals surface area contributed by atoms with Crippen LogP contribution in [0.25, 0.3) is 0 Å². The maximum absolute atomic E-state index is 12.5. The van der Waals surface area contributed by atoms with Crippen LogP contribution in [0.3, 0.4) is 0 Å². The van der Waals surface area contributed by atoms with E-state index in [1.54, 1.807) is 0 Å². The summed E-state index contributed by atoms with van der Waals surface area (Å²) in [6.45, 7) is 5.38. The molecular formula is C16H28N2O. The van der Waals surface area contributed by atoms with Crippen molar-refractivity contribution in [3.05, 3.63) is 0 Å². The Morgan fingerprint density at radius 2 is 1.63 bits per heavy atom. The van der Waals surface area contributed by atoms with Gasteiger partial charge in [0.05, 0.1) is 0 Å². The first kappa shape index (κ1) is 13.4. The van der Waals surface area contributed by atoms with Gasteiger partial charge >= 0.3 is 0 Å². The molecule has 0 aliphatic heterocycles. The molecule has 4 aliphatic carbocycles. The van der Waals surface area contributed by atoms with Crippen molar-refractivity contribution in [1.29, 1.82) is 0 Å². The molecule has 4 rings (SSSR count). The third kappa shape index (κ3) is 2.31. The highest BCUT2D eigenvalue weighted by molar-refractivity contribution is 5.78. The molecule has 19 heavy (non-hydrogen) atoms. The second-order valence-corrected chi connectivity index (χ2v) is 7.40. The second kappa shape index (κ2) is 5.08. The van der Waals surface area contributed by atoms with E-state index in [1.807, 2.05) is 13.8 Å². The van der Waals surface area contributed by atoms with Gasteiger partial charge in [-0.05, 0) is 55.8 Å². The van der Waals surface area contributed by atoms with Gasteiger partial charge in [0.2, 0.25) is 5.91 Å². The van der Waals surface area contributed by atoms with Crippen molar-refractivity contribution in [3.8, 4) is 0 Å². The van der Waals surface area contributed by atoms with Gasteiger partial charge in [0.25, 0.3) is 0 Å². The van der Waals surface area contributed by atoms with Crippen molar-refractivity contribution < 1.29 is 4.79 Å². The number of rotatable bonds is 4. The molecule has 0 aromatic carbocycles. The highest BCUT2D eigenvalue weighted by Gasteiger charge is 2.50. The van der Waals surface area contributed by atoms with Crippen molar-refractivity contribution in [2.45, 2.75) is 52.0 Å². The Morgan fingerprint density at radius 1 is 1.11 bits per heavy atom. The molecule has 0 heterocycles. The number of carbonyl (C=O) groups is 1. The minimum Gasteiger partial charge on any atom is -0.338 e. The number of amides is 1. The molecule has 3 nitrogen and oxygen atoms in total. The average Bonchev–Trinajstić information content (AvgIpc) is 2.35. The van der Waals surface area contributed by atoms with E-state index in [9.17, 15) is 4.79 Å². The summed E-state index contributed by atoms with van der Waals surface area (Å²) in [5.41, 5.74) is 5.77. The number of nitrogens with two attached hydrogens (primary N) is 1. The van der Waals surface area contributed by atoms with Gasteiger partial charge in [-0.1, -0.05) is 13.8 Å². The van der Waals surface area contributed by atoms with Crippen LogP contribution in [0.2, 0.25) is 0 Å². The lowest BCUT2D eigenvalue weighted by molar-refractivity contribution is -0.146. The van der Waals surface area contributed by atoms with E-state index < -0.39 is 0 Å². The molecule has 4 saturated carbocycles. The van der Waals surface area contributed by atoms with Gasteiger partial charge in [0.15, 0.2) is 0 Å². The molecule has 0 radical (unpaired) electrons. The summed E-state index contributed by atoms with van der Waals surface area (Å²) in [5.74, 6) is 3.89. The highest BCUT2D eigenvalue weighted by Crippen LogP contribution is 2.55. The van der Waals surface area contributed by atoms with Crippen LogP contribution in [0.1, 0.15) is 46.0 Å². The zero-order chi connectivity index (χ0) is 13.6. The fourth-order valence-electron chi connectivity index (χ4n) is 5.28. The largest absolute Gasteiger partial charge is 0.338 e. The van der Waals surface area contributed by atoms with E-state index in [0.29, 0.717) is 18.5 Å². The second-order valence-electron chi connectivity index (χ2n) is 7.40. The molecule has 0 aromatic heterocycles. The van der Waals surface area contributed by atoms with Crippen LogP contribution in [0.5, 0.6) is 0 Å². The molecule has 1 amide bonds. The minimum absolute atomic E-state index is 0.101. The normalized spacial score (nSPS) is 39.9. The summed E-state index contributed by atoms with van der Waals surface area (Å²) in [5, 5.41) is 0. The number of nitrogens with zero attached hydrogens (tertiary/aromatic N) is 1. The van der Waals surface area contributed by atoms with Crippen LogP contribution in [0, 0.1) is 29.6 Å². The molecule has 4 bridgehead atoms. The third-order valence-corrected chi connectivity index (χ3v) is 5.68. The van der Waals surface area contributed by atoms with Crippen LogP contribution >= 0.6 is 0 Å². The molecule has 4 aliphatic rings. The lowest BCUT2D eigenvalue weighted by Crippen LogP contribution is -2.59. The fourth-order valence-corrected chi connectivity index (χ4v) is 5.28. The predicted molar refractivity (Wildman–Crippen MR) is 76.4 cm³/mol. The molecule has 0 unspecified atom stereocenters. The summed E-state index contributed by atoms with van der Waals surface area (Å²) >= 11 is 0. The Kier molecular flexibility index (Phi) is 3.59. The number of hydrogen-bond donors (Lipinski definition) is 1. The maximum atomic E-state index is 12.5. The van der Waals surface area contributed by atoms with E-state index >= 15 is 0 Å². The summed E-state index contributed by atoms with van der Waals surface area (Å²) in [4.78, 5) is 14.7. The van der Waals surface area contributed by atoms with E-state index in [1.165, 1.54) is 32.1 Å². The summed E-state index contributed by atoms with van der Waals surface area (Å²) < 4.78 is 0. The molecule has 0 atom stereocenters. The van der Waals surface area contributed by atoms with Crippen LogP contribution < -0.4 is 5.73 Å². The van der Waals surface area contributed by atoms with Gasteiger partial charge in [-0.25, -0.2) is 0 Å². The van der Waals surface area contributed by atoms with Gasteiger partial charge in [0, 0.05) is 25.0 Å². The first-order chi connectivity index (χ1) is 9.10. The summed E-state index contributed by atoms with van der Waals surface area (Å²) in [7, 11) is 0. The van der Waals surface area contributed by atoms with Gasteiger partial charge < -0.3 is 10.6 Å². The molecule has 2 N–H and O–H groups in total. The quantitative estimate of drug-likeness (QED) is 0.846. The molecule has 0 aromatic rings. The first-order valence-corrected chi connectivity index (χ1v) is 8.10. The Balaban J connectivity index is 1.80. The zero-order valence-electron chi connectivity index (χ0n) is 12.3. The maximum Gasteiger partial charge on any atom is 0.225 e. The Bertz CT molecular complexity index is 325. The van der Waals surface area contributed by atoms with E-state index in [-0.39, 0.29) is 5.92 Å². The first-order valence-electron chi connectivity index (χ1n) is 8.10. The van der Waals surface area contributed by atoms with E-state index in [4.69, 9.17) is 5.73 Å². The lowest BCUT2D eigenvalue weighted by Gasteiger charge is -2.57. The smallest absolute Gasteiger partial charge is 0.225 e. The van der Waals surface area contributed by atoms with Crippen molar-refractivity contribution in [2.24, 2.45) is 35.3 Å². The van der Waals surface area contributed by atoms with Crippen molar-refractivity contribution >= 4 is 5.91 Å². The average molecular weight is 264 g/mol. The number of hydrogen-bond acceptors (Lipinski definition) is 2. The van der Waals surface area contributed by atoms with E-state index in [2.05, 4.69) is 4.90 Å². The summed E-state index contributed by atoms with van der Waals surface area (Å²) in [6, 6.07) is 0.506.